The summed E-state index contributed by atoms with van der Waals surface area (Å²) < 4.78 is 19.0. The Hall–Kier alpha value is -1.13. The van der Waals surface area contributed by atoms with Crippen LogP contribution in [0.5, 0.6) is 5.75 Å². The third-order valence-corrected chi connectivity index (χ3v) is 3.06. The molecule has 102 valence electrons. The van der Waals surface area contributed by atoms with Gasteiger partial charge in [0.15, 0.2) is 0 Å². The summed E-state index contributed by atoms with van der Waals surface area (Å²) in [6.45, 7) is 4.88. The van der Waals surface area contributed by atoms with Crippen LogP contribution in [0.3, 0.4) is 0 Å². The van der Waals surface area contributed by atoms with Crippen LogP contribution in [0.15, 0.2) is 18.2 Å². The Labute approximate surface area is 108 Å². The van der Waals surface area contributed by atoms with Crippen molar-refractivity contribution >= 4 is 0 Å². The van der Waals surface area contributed by atoms with E-state index in [9.17, 15) is 4.39 Å². The fourth-order valence-electron chi connectivity index (χ4n) is 1.92. The van der Waals surface area contributed by atoms with E-state index >= 15 is 0 Å². The molecule has 0 saturated heterocycles. The van der Waals surface area contributed by atoms with Gasteiger partial charge in [-0.2, -0.15) is 0 Å². The van der Waals surface area contributed by atoms with Gasteiger partial charge in [-0.05, 0) is 37.9 Å². The Kier molecular flexibility index (Phi) is 6.09. The van der Waals surface area contributed by atoms with Crippen molar-refractivity contribution in [2.75, 3.05) is 20.3 Å². The number of benzene rings is 1. The molecule has 0 bridgehead atoms. The monoisotopic (exact) mass is 255 g/mol. The van der Waals surface area contributed by atoms with E-state index in [4.69, 9.17) is 9.84 Å². The molecule has 2 atom stereocenters. The van der Waals surface area contributed by atoms with Crippen molar-refractivity contribution in [3.8, 4) is 5.75 Å². The molecule has 0 aliphatic heterocycles. The molecule has 1 aromatic rings. The maximum atomic E-state index is 13.8. The molecule has 0 spiro atoms. The number of rotatable bonds is 7. The Bertz CT molecular complexity index is 371. The first-order valence-corrected chi connectivity index (χ1v) is 6.26. The molecular formula is C14H22FNO2. The van der Waals surface area contributed by atoms with Gasteiger partial charge in [-0.1, -0.05) is 13.0 Å². The van der Waals surface area contributed by atoms with E-state index in [1.54, 1.807) is 19.2 Å². The van der Waals surface area contributed by atoms with E-state index in [2.05, 4.69) is 12.2 Å². The van der Waals surface area contributed by atoms with Crippen LogP contribution in [-0.4, -0.2) is 25.4 Å². The minimum atomic E-state index is -0.260. The summed E-state index contributed by atoms with van der Waals surface area (Å²) in [6, 6.07) is 4.71. The lowest BCUT2D eigenvalue weighted by molar-refractivity contribution is 0.258. The Morgan fingerprint density at radius 3 is 2.72 bits per heavy atom. The summed E-state index contributed by atoms with van der Waals surface area (Å²) in [4.78, 5) is 0. The van der Waals surface area contributed by atoms with Gasteiger partial charge in [-0.25, -0.2) is 4.39 Å². The molecule has 0 amide bonds. The van der Waals surface area contributed by atoms with Crippen LogP contribution in [0, 0.1) is 11.7 Å². The maximum absolute atomic E-state index is 13.8. The summed E-state index contributed by atoms with van der Waals surface area (Å²) in [5, 5.41) is 12.1. The van der Waals surface area contributed by atoms with Crippen molar-refractivity contribution in [3.05, 3.63) is 29.6 Å². The van der Waals surface area contributed by atoms with Crippen molar-refractivity contribution < 1.29 is 14.2 Å². The van der Waals surface area contributed by atoms with Crippen LogP contribution in [0.25, 0.3) is 0 Å². The second kappa shape index (κ2) is 7.34. The number of hydrogen-bond acceptors (Lipinski definition) is 3. The highest BCUT2D eigenvalue weighted by atomic mass is 19.1. The van der Waals surface area contributed by atoms with E-state index in [1.807, 2.05) is 6.92 Å². The second-order valence-electron chi connectivity index (χ2n) is 4.60. The zero-order valence-electron chi connectivity index (χ0n) is 11.2. The molecular weight excluding hydrogens is 233 g/mol. The van der Waals surface area contributed by atoms with Crippen molar-refractivity contribution in [2.45, 2.75) is 26.3 Å². The van der Waals surface area contributed by atoms with Crippen LogP contribution < -0.4 is 10.1 Å². The second-order valence-corrected chi connectivity index (χ2v) is 4.60. The lowest BCUT2D eigenvalue weighted by Gasteiger charge is -2.20. The molecule has 2 unspecified atom stereocenters. The molecule has 1 rings (SSSR count). The summed E-state index contributed by atoms with van der Waals surface area (Å²) in [6.07, 6.45) is 0.744. The molecule has 0 radical (unpaired) electrons. The third-order valence-electron chi connectivity index (χ3n) is 3.06. The predicted octanol–water partition coefficient (Wildman–Crippen LogP) is 2.50. The minimum absolute atomic E-state index is 0.123. The zero-order chi connectivity index (χ0) is 13.5. The number of halogens is 1. The van der Waals surface area contributed by atoms with Gasteiger partial charge in [-0.15, -0.1) is 0 Å². The van der Waals surface area contributed by atoms with Crippen LogP contribution in [0.2, 0.25) is 0 Å². The highest BCUT2D eigenvalue weighted by molar-refractivity contribution is 5.36. The smallest absolute Gasteiger partial charge is 0.131 e. The molecule has 4 heteroatoms. The van der Waals surface area contributed by atoms with Crippen LogP contribution >= 0.6 is 0 Å². The van der Waals surface area contributed by atoms with Crippen molar-refractivity contribution in [3.63, 3.8) is 0 Å². The molecule has 2 N–H and O–H groups in total. The van der Waals surface area contributed by atoms with Gasteiger partial charge in [0.1, 0.15) is 11.6 Å². The van der Waals surface area contributed by atoms with E-state index in [-0.39, 0.29) is 18.5 Å². The number of hydrogen-bond donors (Lipinski definition) is 2. The summed E-state index contributed by atoms with van der Waals surface area (Å²) in [5.74, 6) is 0.657. The average molecular weight is 255 g/mol. The molecule has 0 aliphatic rings. The topological polar surface area (TPSA) is 41.5 Å². The number of ether oxygens (including phenoxy) is 1. The third kappa shape index (κ3) is 3.96. The number of aliphatic hydroxyl groups is 1. The van der Waals surface area contributed by atoms with Crippen LogP contribution in [0.4, 0.5) is 4.39 Å². The maximum Gasteiger partial charge on any atom is 0.131 e. The van der Waals surface area contributed by atoms with Crippen molar-refractivity contribution in [2.24, 2.45) is 5.92 Å². The van der Waals surface area contributed by atoms with Gasteiger partial charge >= 0.3 is 0 Å². The first-order valence-electron chi connectivity index (χ1n) is 6.26. The van der Waals surface area contributed by atoms with Crippen LogP contribution in [0.1, 0.15) is 31.9 Å². The Morgan fingerprint density at radius 2 is 2.11 bits per heavy atom. The summed E-state index contributed by atoms with van der Waals surface area (Å²) >= 11 is 0. The zero-order valence-corrected chi connectivity index (χ0v) is 11.2. The van der Waals surface area contributed by atoms with Gasteiger partial charge in [0.2, 0.25) is 0 Å². The van der Waals surface area contributed by atoms with Gasteiger partial charge < -0.3 is 15.2 Å². The van der Waals surface area contributed by atoms with E-state index < -0.39 is 0 Å². The normalized spacial score (nSPS) is 14.3. The first-order chi connectivity index (χ1) is 8.60. The standard InChI is InChI=1S/C14H22FNO2/c1-10(7-8-17)9-16-11(2)14-12(15)5-4-6-13(14)18-3/h4-6,10-11,16-17H,7-9H2,1-3H3. The summed E-state index contributed by atoms with van der Waals surface area (Å²) in [7, 11) is 1.54. The molecule has 0 heterocycles. The molecule has 1 aromatic carbocycles. The largest absolute Gasteiger partial charge is 0.496 e. The molecule has 0 aromatic heterocycles. The van der Waals surface area contributed by atoms with E-state index in [1.165, 1.54) is 6.07 Å². The van der Waals surface area contributed by atoms with Crippen molar-refractivity contribution in [1.82, 2.24) is 5.32 Å². The first kappa shape index (κ1) is 14.9. The minimum Gasteiger partial charge on any atom is -0.496 e. The highest BCUT2D eigenvalue weighted by Gasteiger charge is 2.16. The van der Waals surface area contributed by atoms with Gasteiger partial charge in [0, 0.05) is 18.2 Å². The molecule has 0 fully saturated rings. The molecule has 0 aliphatic carbocycles. The van der Waals surface area contributed by atoms with Crippen molar-refractivity contribution in [1.29, 1.82) is 0 Å². The Balaban J connectivity index is 2.69. The highest BCUT2D eigenvalue weighted by Crippen LogP contribution is 2.27. The average Bonchev–Trinajstić information content (AvgIpc) is 2.36. The number of nitrogens with one attached hydrogen (secondary N) is 1. The molecule has 0 saturated carbocycles. The number of aliphatic hydroxyl groups excluding tert-OH is 1. The summed E-state index contributed by atoms with van der Waals surface area (Å²) in [5.41, 5.74) is 0.552. The van der Waals surface area contributed by atoms with E-state index in [0.29, 0.717) is 17.2 Å². The van der Waals surface area contributed by atoms with Crippen LogP contribution in [-0.2, 0) is 0 Å². The van der Waals surface area contributed by atoms with Gasteiger partial charge in [-0.3, -0.25) is 0 Å². The van der Waals surface area contributed by atoms with Gasteiger partial charge in [0.25, 0.3) is 0 Å². The van der Waals surface area contributed by atoms with Gasteiger partial charge in [0.05, 0.1) is 7.11 Å². The lowest BCUT2D eigenvalue weighted by atomic mass is 10.0. The molecule has 3 nitrogen and oxygen atoms in total. The SMILES string of the molecule is COc1cccc(F)c1C(C)NCC(C)CCO. The van der Waals surface area contributed by atoms with E-state index in [0.717, 1.165) is 13.0 Å². The fourth-order valence-corrected chi connectivity index (χ4v) is 1.92. The lowest BCUT2D eigenvalue weighted by Crippen LogP contribution is -2.26. The predicted molar refractivity (Wildman–Crippen MR) is 70.2 cm³/mol. The fraction of sp³-hybridized carbons (Fsp3) is 0.571. The Morgan fingerprint density at radius 1 is 1.39 bits per heavy atom. The molecule has 18 heavy (non-hydrogen) atoms. The number of methoxy groups -OCH3 is 1. The quantitative estimate of drug-likeness (QED) is 0.786.